The van der Waals surface area contributed by atoms with Crippen molar-refractivity contribution in [3.05, 3.63) is 64.4 Å². The van der Waals surface area contributed by atoms with Gasteiger partial charge in [0.15, 0.2) is 0 Å². The highest BCUT2D eigenvalue weighted by atomic mass is 35.5. The van der Waals surface area contributed by atoms with Crippen molar-refractivity contribution in [2.45, 2.75) is 5.88 Å². The minimum Gasteiger partial charge on any atom is -0.322 e. The van der Waals surface area contributed by atoms with Crippen LogP contribution in [0.5, 0.6) is 0 Å². The number of anilines is 1. The highest BCUT2D eigenvalue weighted by Crippen LogP contribution is 2.18. The van der Waals surface area contributed by atoms with E-state index in [9.17, 15) is 9.18 Å². The number of amides is 1. The van der Waals surface area contributed by atoms with E-state index >= 15 is 0 Å². The van der Waals surface area contributed by atoms with Gasteiger partial charge in [-0.3, -0.25) is 4.79 Å². The van der Waals surface area contributed by atoms with Gasteiger partial charge in [0.25, 0.3) is 5.91 Å². The number of alkyl halides is 1. The molecule has 1 N–H and O–H groups in total. The molecule has 0 spiro atoms. The SMILES string of the molecule is O=C(Nc1cccc(CCl)c1)c1cc(Cl)ccc1F. The van der Waals surface area contributed by atoms with E-state index in [1.807, 2.05) is 6.07 Å². The van der Waals surface area contributed by atoms with Crippen LogP contribution in [-0.4, -0.2) is 5.91 Å². The second-order valence-corrected chi connectivity index (χ2v) is 4.62. The first-order valence-electron chi connectivity index (χ1n) is 5.51. The first-order valence-corrected chi connectivity index (χ1v) is 6.42. The van der Waals surface area contributed by atoms with Gasteiger partial charge in [0.2, 0.25) is 0 Å². The number of hydrogen-bond acceptors (Lipinski definition) is 1. The Hall–Kier alpha value is -1.58. The maximum atomic E-state index is 13.5. The van der Waals surface area contributed by atoms with Crippen LogP contribution in [0, 0.1) is 5.82 Å². The third-order valence-electron chi connectivity index (χ3n) is 2.51. The van der Waals surface area contributed by atoms with Crippen molar-refractivity contribution in [2.24, 2.45) is 0 Å². The van der Waals surface area contributed by atoms with Crippen LogP contribution in [0.4, 0.5) is 10.1 Å². The van der Waals surface area contributed by atoms with Crippen LogP contribution >= 0.6 is 23.2 Å². The van der Waals surface area contributed by atoms with Crippen molar-refractivity contribution in [1.29, 1.82) is 0 Å². The Morgan fingerprint density at radius 1 is 1.21 bits per heavy atom. The molecule has 0 heterocycles. The zero-order chi connectivity index (χ0) is 13.8. The number of nitrogens with one attached hydrogen (secondary N) is 1. The number of benzene rings is 2. The summed E-state index contributed by atoms with van der Waals surface area (Å²) < 4.78 is 13.5. The van der Waals surface area contributed by atoms with E-state index < -0.39 is 11.7 Å². The molecule has 1 amide bonds. The van der Waals surface area contributed by atoms with Gasteiger partial charge in [-0.2, -0.15) is 0 Å². The highest BCUT2D eigenvalue weighted by molar-refractivity contribution is 6.31. The summed E-state index contributed by atoms with van der Waals surface area (Å²) in [6.07, 6.45) is 0. The van der Waals surface area contributed by atoms with Crippen LogP contribution in [-0.2, 0) is 5.88 Å². The summed E-state index contributed by atoms with van der Waals surface area (Å²) in [5, 5.41) is 2.91. The van der Waals surface area contributed by atoms with Crippen molar-refractivity contribution in [1.82, 2.24) is 0 Å². The zero-order valence-electron chi connectivity index (χ0n) is 9.79. The maximum Gasteiger partial charge on any atom is 0.258 e. The monoisotopic (exact) mass is 297 g/mol. The van der Waals surface area contributed by atoms with Crippen molar-refractivity contribution in [3.8, 4) is 0 Å². The number of carbonyl (C=O) groups is 1. The van der Waals surface area contributed by atoms with Gasteiger partial charge < -0.3 is 5.32 Å². The van der Waals surface area contributed by atoms with Crippen LogP contribution in [0.1, 0.15) is 15.9 Å². The molecule has 2 aromatic carbocycles. The Morgan fingerprint density at radius 3 is 2.74 bits per heavy atom. The van der Waals surface area contributed by atoms with Crippen LogP contribution in [0.15, 0.2) is 42.5 Å². The number of halogens is 3. The number of carbonyl (C=O) groups excluding carboxylic acids is 1. The molecule has 2 aromatic rings. The quantitative estimate of drug-likeness (QED) is 0.832. The van der Waals surface area contributed by atoms with Crippen LogP contribution in [0.3, 0.4) is 0 Å². The topological polar surface area (TPSA) is 29.1 Å². The molecule has 5 heteroatoms. The van der Waals surface area contributed by atoms with Gasteiger partial charge in [-0.15, -0.1) is 11.6 Å². The van der Waals surface area contributed by atoms with E-state index in [1.165, 1.54) is 12.1 Å². The molecule has 0 saturated carbocycles. The fraction of sp³-hybridized carbons (Fsp3) is 0.0714. The smallest absolute Gasteiger partial charge is 0.258 e. The second-order valence-electron chi connectivity index (χ2n) is 3.91. The van der Waals surface area contributed by atoms with Crippen molar-refractivity contribution >= 4 is 34.8 Å². The minimum atomic E-state index is -0.615. The van der Waals surface area contributed by atoms with Gasteiger partial charge in [-0.1, -0.05) is 23.7 Å². The molecular weight excluding hydrogens is 288 g/mol. The third kappa shape index (κ3) is 3.46. The Kier molecular flexibility index (Phi) is 4.40. The molecule has 0 radical (unpaired) electrons. The van der Waals surface area contributed by atoms with Gasteiger partial charge in [-0.25, -0.2) is 4.39 Å². The summed E-state index contributed by atoms with van der Waals surface area (Å²) in [7, 11) is 0. The fourth-order valence-corrected chi connectivity index (χ4v) is 1.94. The Bertz CT molecular complexity index is 616. The first kappa shape index (κ1) is 13.8. The van der Waals surface area contributed by atoms with E-state index in [1.54, 1.807) is 18.2 Å². The van der Waals surface area contributed by atoms with Crippen LogP contribution < -0.4 is 5.32 Å². The van der Waals surface area contributed by atoms with Crippen molar-refractivity contribution < 1.29 is 9.18 Å². The molecule has 0 unspecified atom stereocenters. The van der Waals surface area contributed by atoms with Gasteiger partial charge >= 0.3 is 0 Å². The Labute approximate surface area is 120 Å². The molecule has 0 saturated heterocycles. The third-order valence-corrected chi connectivity index (χ3v) is 3.06. The minimum absolute atomic E-state index is 0.0937. The lowest BCUT2D eigenvalue weighted by molar-refractivity contribution is 0.102. The molecule has 0 aliphatic rings. The van der Waals surface area contributed by atoms with Crippen LogP contribution in [0.25, 0.3) is 0 Å². The molecule has 2 rings (SSSR count). The summed E-state index contributed by atoms with van der Waals surface area (Å²) in [5.41, 5.74) is 1.33. The molecule has 19 heavy (non-hydrogen) atoms. The maximum absolute atomic E-state index is 13.5. The molecular formula is C14H10Cl2FNO. The molecule has 0 atom stereocenters. The van der Waals surface area contributed by atoms with Crippen LogP contribution in [0.2, 0.25) is 5.02 Å². The largest absolute Gasteiger partial charge is 0.322 e. The normalized spacial score (nSPS) is 10.3. The Morgan fingerprint density at radius 2 is 2.00 bits per heavy atom. The van der Waals surface area contributed by atoms with Gasteiger partial charge in [0.1, 0.15) is 5.82 Å². The second kappa shape index (κ2) is 6.04. The predicted octanol–water partition coefficient (Wildman–Crippen LogP) is 4.47. The summed E-state index contributed by atoms with van der Waals surface area (Å²) >= 11 is 11.5. The van der Waals surface area contributed by atoms with E-state index in [0.29, 0.717) is 16.6 Å². The van der Waals surface area contributed by atoms with E-state index in [-0.39, 0.29) is 5.56 Å². The van der Waals surface area contributed by atoms with Gasteiger partial charge in [0, 0.05) is 16.6 Å². The summed E-state index contributed by atoms with van der Waals surface area (Å²) in [4.78, 5) is 11.9. The fourth-order valence-electron chi connectivity index (χ4n) is 1.60. The molecule has 0 bridgehead atoms. The lowest BCUT2D eigenvalue weighted by Gasteiger charge is -2.07. The van der Waals surface area contributed by atoms with E-state index in [2.05, 4.69) is 5.32 Å². The summed E-state index contributed by atoms with van der Waals surface area (Å²) in [6, 6.07) is 10.9. The average Bonchev–Trinajstić information content (AvgIpc) is 2.41. The van der Waals surface area contributed by atoms with E-state index in [0.717, 1.165) is 11.6 Å². The molecule has 0 aromatic heterocycles. The summed E-state index contributed by atoms with van der Waals surface area (Å²) in [5.74, 6) is -0.822. The van der Waals surface area contributed by atoms with Gasteiger partial charge in [0.05, 0.1) is 5.56 Å². The standard InChI is InChI=1S/C14H10Cl2FNO/c15-8-9-2-1-3-11(6-9)18-14(19)12-7-10(16)4-5-13(12)17/h1-7H,8H2,(H,18,19). The van der Waals surface area contributed by atoms with E-state index in [4.69, 9.17) is 23.2 Å². The Balaban J connectivity index is 2.23. The highest BCUT2D eigenvalue weighted by Gasteiger charge is 2.12. The molecule has 98 valence electrons. The molecule has 0 aliphatic heterocycles. The lowest BCUT2D eigenvalue weighted by atomic mass is 10.1. The van der Waals surface area contributed by atoms with Crippen molar-refractivity contribution in [2.75, 3.05) is 5.32 Å². The number of hydrogen-bond donors (Lipinski definition) is 1. The van der Waals surface area contributed by atoms with Crippen molar-refractivity contribution in [3.63, 3.8) is 0 Å². The number of rotatable bonds is 3. The predicted molar refractivity (Wildman–Crippen MR) is 75.4 cm³/mol. The average molecular weight is 298 g/mol. The molecule has 2 nitrogen and oxygen atoms in total. The lowest BCUT2D eigenvalue weighted by Crippen LogP contribution is -2.13. The molecule has 0 fully saturated rings. The molecule has 0 aliphatic carbocycles. The summed E-state index contributed by atoms with van der Waals surface area (Å²) in [6.45, 7) is 0. The zero-order valence-corrected chi connectivity index (χ0v) is 11.3. The van der Waals surface area contributed by atoms with Gasteiger partial charge in [-0.05, 0) is 35.9 Å². The first-order chi connectivity index (χ1) is 9.10.